The van der Waals surface area contributed by atoms with Gasteiger partial charge in [0.1, 0.15) is 5.82 Å². The van der Waals surface area contributed by atoms with Gasteiger partial charge in [0.15, 0.2) is 4.77 Å². The summed E-state index contributed by atoms with van der Waals surface area (Å²) in [5, 5.41) is 0. The van der Waals surface area contributed by atoms with Crippen molar-refractivity contribution in [2.24, 2.45) is 0 Å². The number of aromatic nitrogens is 2. The van der Waals surface area contributed by atoms with E-state index in [1.54, 1.807) is 6.07 Å². The third-order valence-corrected chi connectivity index (χ3v) is 4.57. The maximum atomic E-state index is 13.8. The van der Waals surface area contributed by atoms with E-state index < -0.39 is 0 Å². The Morgan fingerprint density at radius 3 is 2.68 bits per heavy atom. The van der Waals surface area contributed by atoms with E-state index in [1.165, 1.54) is 6.07 Å². The number of nitrogens with zero attached hydrogens (tertiary/aromatic N) is 1. The summed E-state index contributed by atoms with van der Waals surface area (Å²) in [7, 11) is 0. The lowest BCUT2D eigenvalue weighted by Gasteiger charge is -2.05. The smallest absolute Gasteiger partial charge is 0.182 e. The lowest BCUT2D eigenvalue weighted by Crippen LogP contribution is -1.95. The van der Waals surface area contributed by atoms with Crippen LogP contribution in [-0.2, 0) is 0 Å². The average Bonchev–Trinajstić information content (AvgIpc) is 2.65. The molecule has 2 aromatic carbocycles. The molecule has 0 spiro atoms. The number of halogens is 3. The first-order chi connectivity index (χ1) is 9.06. The molecule has 0 saturated carbocycles. The summed E-state index contributed by atoms with van der Waals surface area (Å²) >= 11 is 9.56. The molecule has 0 saturated heterocycles. The lowest BCUT2D eigenvalue weighted by atomic mass is 10.3. The zero-order valence-electron chi connectivity index (χ0n) is 9.45. The van der Waals surface area contributed by atoms with Crippen LogP contribution >= 0.6 is 57.4 Å². The van der Waals surface area contributed by atoms with Crippen molar-refractivity contribution >= 4 is 68.4 Å². The van der Waals surface area contributed by atoms with Crippen LogP contribution in [0.1, 0.15) is 0 Å². The summed E-state index contributed by atoms with van der Waals surface area (Å²) in [6.07, 6.45) is 0. The number of hydrogen-bond acceptors (Lipinski definition) is 1. The number of H-pyrrole nitrogens is 1. The molecule has 0 fully saturated rings. The molecule has 0 bridgehead atoms. The van der Waals surface area contributed by atoms with Crippen molar-refractivity contribution in [1.29, 1.82) is 0 Å². The average molecular weight is 496 g/mol. The summed E-state index contributed by atoms with van der Waals surface area (Å²) in [6.45, 7) is 0. The first-order valence-electron chi connectivity index (χ1n) is 5.42. The minimum Gasteiger partial charge on any atom is -0.330 e. The van der Waals surface area contributed by atoms with Crippen LogP contribution in [0.4, 0.5) is 4.39 Å². The van der Waals surface area contributed by atoms with E-state index in [0.717, 1.165) is 20.3 Å². The van der Waals surface area contributed by atoms with E-state index in [0.29, 0.717) is 8.34 Å². The van der Waals surface area contributed by atoms with Gasteiger partial charge in [0.2, 0.25) is 0 Å². The Hall–Kier alpha value is -0.480. The van der Waals surface area contributed by atoms with Gasteiger partial charge in [-0.25, -0.2) is 4.39 Å². The van der Waals surface area contributed by atoms with Gasteiger partial charge in [-0.1, -0.05) is 6.07 Å². The van der Waals surface area contributed by atoms with Crippen LogP contribution in [0.3, 0.4) is 0 Å². The second-order valence-electron chi connectivity index (χ2n) is 4.03. The van der Waals surface area contributed by atoms with Crippen molar-refractivity contribution in [2.45, 2.75) is 0 Å². The molecule has 2 nitrogen and oxygen atoms in total. The van der Waals surface area contributed by atoms with Gasteiger partial charge in [-0.05, 0) is 81.7 Å². The molecule has 19 heavy (non-hydrogen) atoms. The zero-order chi connectivity index (χ0) is 13.6. The molecule has 3 aromatic rings. The topological polar surface area (TPSA) is 20.7 Å². The molecular formula is C13H7FI2N2S. The van der Waals surface area contributed by atoms with Gasteiger partial charge in [0.25, 0.3) is 0 Å². The van der Waals surface area contributed by atoms with E-state index in [-0.39, 0.29) is 5.82 Å². The third-order valence-electron chi connectivity index (χ3n) is 2.79. The highest BCUT2D eigenvalue weighted by Crippen LogP contribution is 2.24. The van der Waals surface area contributed by atoms with E-state index in [9.17, 15) is 4.39 Å². The normalized spacial score (nSPS) is 11.1. The number of imidazole rings is 1. The SMILES string of the molecule is Fc1cc2c(cc1I)[nH]c(=S)n2-c1cccc(I)c1. The van der Waals surface area contributed by atoms with E-state index in [4.69, 9.17) is 12.2 Å². The highest BCUT2D eigenvalue weighted by molar-refractivity contribution is 14.1. The van der Waals surface area contributed by atoms with Crippen molar-refractivity contribution < 1.29 is 4.39 Å². The molecule has 96 valence electrons. The van der Waals surface area contributed by atoms with Gasteiger partial charge in [-0.15, -0.1) is 0 Å². The molecule has 0 aliphatic heterocycles. The summed E-state index contributed by atoms with van der Waals surface area (Å²) in [5.41, 5.74) is 2.53. The molecule has 0 amide bonds. The zero-order valence-corrected chi connectivity index (χ0v) is 14.6. The lowest BCUT2D eigenvalue weighted by molar-refractivity contribution is 0.622. The second-order valence-corrected chi connectivity index (χ2v) is 6.82. The molecule has 1 aromatic heterocycles. The second kappa shape index (κ2) is 5.13. The number of aromatic amines is 1. The summed E-state index contributed by atoms with van der Waals surface area (Å²) in [4.78, 5) is 3.12. The van der Waals surface area contributed by atoms with Crippen LogP contribution in [-0.4, -0.2) is 9.55 Å². The fourth-order valence-electron chi connectivity index (χ4n) is 1.97. The summed E-state index contributed by atoms with van der Waals surface area (Å²) < 4.78 is 17.9. The molecule has 3 rings (SSSR count). The molecule has 0 atom stereocenters. The molecule has 1 N–H and O–H groups in total. The monoisotopic (exact) mass is 496 g/mol. The maximum Gasteiger partial charge on any atom is 0.182 e. The van der Waals surface area contributed by atoms with Crippen LogP contribution in [0.15, 0.2) is 36.4 Å². The van der Waals surface area contributed by atoms with Crippen molar-refractivity contribution in [3.8, 4) is 5.69 Å². The number of nitrogens with one attached hydrogen (secondary N) is 1. The summed E-state index contributed by atoms with van der Waals surface area (Å²) in [5.74, 6) is -0.235. The van der Waals surface area contributed by atoms with Crippen molar-refractivity contribution in [3.05, 3.63) is 54.1 Å². The number of rotatable bonds is 1. The van der Waals surface area contributed by atoms with Gasteiger partial charge in [-0.3, -0.25) is 4.57 Å². The Bertz CT molecular complexity index is 838. The van der Waals surface area contributed by atoms with Crippen LogP contribution in [0.25, 0.3) is 16.7 Å². The van der Waals surface area contributed by atoms with E-state index in [1.807, 2.05) is 51.4 Å². The molecule has 1 heterocycles. The van der Waals surface area contributed by atoms with Crippen LogP contribution in [0, 0.1) is 17.7 Å². The Kier molecular flexibility index (Phi) is 3.65. The van der Waals surface area contributed by atoms with Crippen molar-refractivity contribution in [3.63, 3.8) is 0 Å². The molecule has 6 heteroatoms. The van der Waals surface area contributed by atoms with Gasteiger partial charge in [0, 0.05) is 15.3 Å². The quantitative estimate of drug-likeness (QED) is 0.370. The maximum absolute atomic E-state index is 13.8. The Labute approximate surface area is 141 Å². The molecule has 0 radical (unpaired) electrons. The third kappa shape index (κ3) is 2.45. The highest BCUT2D eigenvalue weighted by atomic mass is 127. The Morgan fingerprint density at radius 1 is 1.16 bits per heavy atom. The largest absolute Gasteiger partial charge is 0.330 e. The highest BCUT2D eigenvalue weighted by Gasteiger charge is 2.10. The van der Waals surface area contributed by atoms with Crippen LogP contribution in [0.2, 0.25) is 0 Å². The van der Waals surface area contributed by atoms with Gasteiger partial charge < -0.3 is 4.98 Å². The first-order valence-corrected chi connectivity index (χ1v) is 7.98. The van der Waals surface area contributed by atoms with Gasteiger partial charge in [0.05, 0.1) is 14.6 Å². The predicted molar refractivity (Wildman–Crippen MR) is 93.9 cm³/mol. The number of fused-ring (bicyclic) bond motifs is 1. The Morgan fingerprint density at radius 2 is 1.95 bits per heavy atom. The minimum atomic E-state index is -0.235. The first kappa shape index (κ1) is 13.5. The Balaban J connectivity index is 2.38. The molecule has 0 aliphatic carbocycles. The molecule has 0 unspecified atom stereocenters. The van der Waals surface area contributed by atoms with Gasteiger partial charge in [-0.2, -0.15) is 0 Å². The van der Waals surface area contributed by atoms with E-state index in [2.05, 4.69) is 27.6 Å². The molecular weight excluding hydrogens is 489 g/mol. The minimum absolute atomic E-state index is 0.235. The number of hydrogen-bond donors (Lipinski definition) is 1. The predicted octanol–water partition coefficient (Wildman–Crippen LogP) is 5.04. The van der Waals surface area contributed by atoms with E-state index >= 15 is 0 Å². The van der Waals surface area contributed by atoms with Gasteiger partial charge >= 0.3 is 0 Å². The van der Waals surface area contributed by atoms with Crippen LogP contribution in [0.5, 0.6) is 0 Å². The fourth-order valence-corrected chi connectivity index (χ4v) is 3.28. The fraction of sp³-hybridized carbons (Fsp3) is 0. The van der Waals surface area contributed by atoms with Crippen molar-refractivity contribution in [1.82, 2.24) is 9.55 Å². The number of benzene rings is 2. The molecule has 0 aliphatic rings. The summed E-state index contributed by atoms with van der Waals surface area (Å²) in [6, 6.07) is 11.2. The standard InChI is InChI=1S/C13H7FI2N2S/c14-9-5-12-11(6-10(9)16)17-13(19)18(12)8-3-1-2-7(15)4-8/h1-6H,(H,17,19). The van der Waals surface area contributed by atoms with Crippen molar-refractivity contribution in [2.75, 3.05) is 0 Å². The van der Waals surface area contributed by atoms with Crippen LogP contribution < -0.4 is 0 Å².